The second-order valence-electron chi connectivity index (χ2n) is 2.66. The van der Waals surface area contributed by atoms with Crippen molar-refractivity contribution in [2.45, 2.75) is 6.92 Å². The third kappa shape index (κ3) is 0.942. The molecule has 0 fully saturated rings. The van der Waals surface area contributed by atoms with E-state index >= 15 is 0 Å². The largest absolute Gasteiger partial charge is 0.205 e. The zero-order valence-electron chi connectivity index (χ0n) is 6.58. The SMILES string of the molecule is Cc1cnnc2c(F)cccc12. The Bertz CT molecular complexity index is 385. The van der Waals surface area contributed by atoms with Crippen LogP contribution < -0.4 is 0 Å². The number of hydrogen-bond acceptors (Lipinski definition) is 2. The van der Waals surface area contributed by atoms with Crippen molar-refractivity contribution in [2.75, 3.05) is 0 Å². The van der Waals surface area contributed by atoms with E-state index in [-0.39, 0.29) is 5.82 Å². The molecule has 2 nitrogen and oxygen atoms in total. The van der Waals surface area contributed by atoms with Gasteiger partial charge in [0.25, 0.3) is 0 Å². The maximum atomic E-state index is 13.1. The van der Waals surface area contributed by atoms with Crippen LogP contribution in [0.15, 0.2) is 24.4 Å². The van der Waals surface area contributed by atoms with E-state index in [0.29, 0.717) is 5.52 Å². The van der Waals surface area contributed by atoms with Crippen LogP contribution in [-0.2, 0) is 0 Å². The van der Waals surface area contributed by atoms with E-state index in [2.05, 4.69) is 10.2 Å². The van der Waals surface area contributed by atoms with Crippen LogP contribution in [0.1, 0.15) is 5.56 Å². The van der Waals surface area contributed by atoms with Gasteiger partial charge in [0.05, 0.1) is 6.20 Å². The molecule has 1 aromatic heterocycles. The summed E-state index contributed by atoms with van der Waals surface area (Å²) >= 11 is 0. The molecule has 0 unspecified atom stereocenters. The number of aryl methyl sites for hydroxylation is 1. The highest BCUT2D eigenvalue weighted by Crippen LogP contribution is 2.16. The molecule has 60 valence electrons. The number of fused-ring (bicyclic) bond motifs is 1. The predicted octanol–water partition coefficient (Wildman–Crippen LogP) is 2.08. The van der Waals surface area contributed by atoms with E-state index in [0.717, 1.165) is 10.9 Å². The van der Waals surface area contributed by atoms with E-state index < -0.39 is 0 Å². The molecule has 3 heteroatoms. The minimum absolute atomic E-state index is 0.316. The fourth-order valence-corrected chi connectivity index (χ4v) is 1.18. The van der Waals surface area contributed by atoms with Crippen LogP contribution in [0, 0.1) is 12.7 Å². The summed E-state index contributed by atoms with van der Waals surface area (Å²) in [5.74, 6) is -0.316. The van der Waals surface area contributed by atoms with Crippen LogP contribution in [0.5, 0.6) is 0 Å². The van der Waals surface area contributed by atoms with Gasteiger partial charge in [-0.3, -0.25) is 0 Å². The van der Waals surface area contributed by atoms with Crippen molar-refractivity contribution in [1.82, 2.24) is 10.2 Å². The van der Waals surface area contributed by atoms with Gasteiger partial charge in [0.2, 0.25) is 0 Å². The van der Waals surface area contributed by atoms with E-state index in [1.54, 1.807) is 12.3 Å². The molecule has 12 heavy (non-hydrogen) atoms. The molecule has 0 saturated heterocycles. The Morgan fingerprint density at radius 3 is 2.92 bits per heavy atom. The third-order valence-electron chi connectivity index (χ3n) is 1.82. The van der Waals surface area contributed by atoms with Gasteiger partial charge in [-0.2, -0.15) is 5.10 Å². The smallest absolute Gasteiger partial charge is 0.151 e. The van der Waals surface area contributed by atoms with Gasteiger partial charge in [0.15, 0.2) is 5.82 Å². The molecule has 0 aliphatic heterocycles. The number of aromatic nitrogens is 2. The lowest BCUT2D eigenvalue weighted by Gasteiger charge is -1.98. The van der Waals surface area contributed by atoms with Gasteiger partial charge in [-0.15, -0.1) is 5.10 Å². The minimum Gasteiger partial charge on any atom is -0.205 e. The van der Waals surface area contributed by atoms with Crippen LogP contribution in [-0.4, -0.2) is 10.2 Å². The van der Waals surface area contributed by atoms with Crippen molar-refractivity contribution >= 4 is 10.9 Å². The van der Waals surface area contributed by atoms with Crippen LogP contribution in [0.2, 0.25) is 0 Å². The lowest BCUT2D eigenvalue weighted by molar-refractivity contribution is 0.635. The highest BCUT2D eigenvalue weighted by atomic mass is 19.1. The molecule has 0 amide bonds. The third-order valence-corrected chi connectivity index (χ3v) is 1.82. The Labute approximate surface area is 69.1 Å². The molecule has 0 spiro atoms. The fraction of sp³-hybridized carbons (Fsp3) is 0.111. The molecule has 0 bridgehead atoms. The van der Waals surface area contributed by atoms with Crippen molar-refractivity contribution in [3.63, 3.8) is 0 Å². The Kier molecular flexibility index (Phi) is 1.50. The van der Waals surface area contributed by atoms with Gasteiger partial charge in [-0.05, 0) is 18.6 Å². The lowest BCUT2D eigenvalue weighted by Crippen LogP contribution is -1.89. The second-order valence-corrected chi connectivity index (χ2v) is 2.66. The molecule has 0 atom stereocenters. The average Bonchev–Trinajstić information content (AvgIpc) is 2.07. The van der Waals surface area contributed by atoms with Crippen LogP contribution in [0.4, 0.5) is 4.39 Å². The summed E-state index contributed by atoms with van der Waals surface area (Å²) in [4.78, 5) is 0. The average molecular weight is 162 g/mol. The van der Waals surface area contributed by atoms with E-state index in [1.165, 1.54) is 6.07 Å². The standard InChI is InChI=1S/C9H7FN2/c1-6-5-11-12-9-7(6)3-2-4-8(9)10/h2-5H,1H3. The molecule has 2 aromatic rings. The van der Waals surface area contributed by atoms with E-state index in [9.17, 15) is 4.39 Å². The Morgan fingerprint density at radius 2 is 2.17 bits per heavy atom. The summed E-state index contributed by atoms with van der Waals surface area (Å²) in [6.45, 7) is 1.89. The maximum Gasteiger partial charge on any atom is 0.151 e. The summed E-state index contributed by atoms with van der Waals surface area (Å²) in [6.07, 6.45) is 1.63. The van der Waals surface area contributed by atoms with Crippen molar-refractivity contribution in [3.8, 4) is 0 Å². The summed E-state index contributed by atoms with van der Waals surface area (Å²) in [5, 5.41) is 8.22. The minimum atomic E-state index is -0.316. The van der Waals surface area contributed by atoms with Crippen LogP contribution in [0.3, 0.4) is 0 Å². The monoisotopic (exact) mass is 162 g/mol. The highest BCUT2D eigenvalue weighted by molar-refractivity contribution is 5.81. The molecular weight excluding hydrogens is 155 g/mol. The zero-order valence-corrected chi connectivity index (χ0v) is 6.58. The Morgan fingerprint density at radius 1 is 1.33 bits per heavy atom. The number of halogens is 1. The second kappa shape index (κ2) is 2.52. The summed E-state index contributed by atoms with van der Waals surface area (Å²) in [7, 11) is 0. The number of rotatable bonds is 0. The zero-order chi connectivity index (χ0) is 8.55. The summed E-state index contributed by atoms with van der Waals surface area (Å²) < 4.78 is 13.1. The normalized spacial score (nSPS) is 10.5. The van der Waals surface area contributed by atoms with Gasteiger partial charge >= 0.3 is 0 Å². The van der Waals surface area contributed by atoms with Crippen molar-refractivity contribution in [2.24, 2.45) is 0 Å². The molecule has 1 aromatic carbocycles. The lowest BCUT2D eigenvalue weighted by atomic mass is 10.1. The topological polar surface area (TPSA) is 25.8 Å². The van der Waals surface area contributed by atoms with Gasteiger partial charge in [-0.25, -0.2) is 4.39 Å². The molecule has 0 aliphatic carbocycles. The molecule has 0 saturated carbocycles. The molecule has 0 aliphatic rings. The van der Waals surface area contributed by atoms with Gasteiger partial charge in [0, 0.05) is 5.39 Å². The predicted molar refractivity (Wildman–Crippen MR) is 44.2 cm³/mol. The quantitative estimate of drug-likeness (QED) is 0.592. The fourth-order valence-electron chi connectivity index (χ4n) is 1.18. The Hall–Kier alpha value is -1.51. The Balaban J connectivity index is 2.94. The number of benzene rings is 1. The summed E-state index contributed by atoms with van der Waals surface area (Å²) in [6, 6.07) is 4.89. The van der Waals surface area contributed by atoms with Gasteiger partial charge in [0.1, 0.15) is 5.52 Å². The van der Waals surface area contributed by atoms with Crippen molar-refractivity contribution in [3.05, 3.63) is 35.8 Å². The van der Waals surface area contributed by atoms with Gasteiger partial charge in [-0.1, -0.05) is 12.1 Å². The first-order valence-electron chi connectivity index (χ1n) is 3.65. The first kappa shape index (κ1) is 7.16. The maximum absolute atomic E-state index is 13.1. The van der Waals surface area contributed by atoms with Crippen molar-refractivity contribution < 1.29 is 4.39 Å². The molecule has 0 N–H and O–H groups in total. The van der Waals surface area contributed by atoms with Crippen LogP contribution >= 0.6 is 0 Å². The van der Waals surface area contributed by atoms with Crippen molar-refractivity contribution in [1.29, 1.82) is 0 Å². The number of nitrogens with zero attached hydrogens (tertiary/aromatic N) is 2. The van der Waals surface area contributed by atoms with E-state index in [4.69, 9.17) is 0 Å². The van der Waals surface area contributed by atoms with Crippen LogP contribution in [0.25, 0.3) is 10.9 Å². The molecule has 1 heterocycles. The number of hydrogen-bond donors (Lipinski definition) is 0. The molecule has 2 rings (SSSR count). The summed E-state index contributed by atoms with van der Waals surface area (Å²) in [5.41, 5.74) is 1.29. The van der Waals surface area contributed by atoms with Gasteiger partial charge < -0.3 is 0 Å². The first-order chi connectivity index (χ1) is 5.79. The van der Waals surface area contributed by atoms with E-state index in [1.807, 2.05) is 13.0 Å². The molecular formula is C9H7FN2. The first-order valence-corrected chi connectivity index (χ1v) is 3.65. The highest BCUT2D eigenvalue weighted by Gasteiger charge is 2.02. The molecule has 0 radical (unpaired) electrons.